The van der Waals surface area contributed by atoms with Gasteiger partial charge in [-0.3, -0.25) is 4.79 Å². The third-order valence-corrected chi connectivity index (χ3v) is 4.29. The Kier molecular flexibility index (Phi) is 5.10. The summed E-state index contributed by atoms with van der Waals surface area (Å²) in [5.74, 6) is 0.265. The van der Waals surface area contributed by atoms with E-state index in [0.29, 0.717) is 12.4 Å². The molecule has 116 valence electrons. The van der Waals surface area contributed by atoms with Crippen molar-refractivity contribution in [2.24, 2.45) is 5.92 Å². The third-order valence-electron chi connectivity index (χ3n) is 4.29. The fourth-order valence-electron chi connectivity index (χ4n) is 3.01. The maximum atomic E-state index is 11.9. The SMILES string of the molecule is CCOC(=O)C1CCCC(Nc2ccc(C)c(O)c2C)C1. The molecule has 2 N–H and O–H groups in total. The van der Waals surface area contributed by atoms with Crippen molar-refractivity contribution in [1.29, 1.82) is 0 Å². The predicted molar refractivity (Wildman–Crippen MR) is 83.6 cm³/mol. The van der Waals surface area contributed by atoms with Crippen LogP contribution in [-0.2, 0) is 9.53 Å². The number of anilines is 1. The molecule has 21 heavy (non-hydrogen) atoms. The highest BCUT2D eigenvalue weighted by atomic mass is 16.5. The molecule has 2 atom stereocenters. The molecular formula is C17H25NO3. The van der Waals surface area contributed by atoms with E-state index in [4.69, 9.17) is 4.74 Å². The van der Waals surface area contributed by atoms with Gasteiger partial charge >= 0.3 is 5.97 Å². The highest BCUT2D eigenvalue weighted by molar-refractivity contribution is 5.72. The fraction of sp³-hybridized carbons (Fsp3) is 0.588. The van der Waals surface area contributed by atoms with Gasteiger partial charge in [0.05, 0.1) is 12.5 Å². The van der Waals surface area contributed by atoms with Gasteiger partial charge in [-0.05, 0) is 51.7 Å². The number of ether oxygens (including phenoxy) is 1. The Labute approximate surface area is 126 Å². The van der Waals surface area contributed by atoms with E-state index in [2.05, 4.69) is 5.32 Å². The Morgan fingerprint density at radius 3 is 2.86 bits per heavy atom. The summed E-state index contributed by atoms with van der Waals surface area (Å²) in [6.45, 7) is 6.09. The molecule has 0 amide bonds. The van der Waals surface area contributed by atoms with E-state index < -0.39 is 0 Å². The van der Waals surface area contributed by atoms with Crippen LogP contribution in [0, 0.1) is 19.8 Å². The molecule has 2 unspecified atom stereocenters. The summed E-state index contributed by atoms with van der Waals surface area (Å²) in [5.41, 5.74) is 2.70. The molecule has 0 radical (unpaired) electrons. The van der Waals surface area contributed by atoms with Crippen LogP contribution in [0.5, 0.6) is 5.75 Å². The molecule has 2 rings (SSSR count). The zero-order chi connectivity index (χ0) is 15.4. The number of carbonyl (C=O) groups is 1. The lowest BCUT2D eigenvalue weighted by molar-refractivity contribution is -0.149. The van der Waals surface area contributed by atoms with Crippen molar-refractivity contribution in [1.82, 2.24) is 0 Å². The Balaban J connectivity index is 2.03. The van der Waals surface area contributed by atoms with Crippen LogP contribution in [0.25, 0.3) is 0 Å². The van der Waals surface area contributed by atoms with E-state index in [1.165, 1.54) is 0 Å². The van der Waals surface area contributed by atoms with Crippen molar-refractivity contribution in [3.8, 4) is 5.75 Å². The van der Waals surface area contributed by atoms with E-state index in [-0.39, 0.29) is 17.9 Å². The van der Waals surface area contributed by atoms with Crippen molar-refractivity contribution >= 4 is 11.7 Å². The average molecular weight is 291 g/mol. The topological polar surface area (TPSA) is 58.6 Å². The second-order valence-corrected chi connectivity index (χ2v) is 5.86. The number of phenols is 1. The quantitative estimate of drug-likeness (QED) is 0.833. The first kappa shape index (κ1) is 15.7. The lowest BCUT2D eigenvalue weighted by atomic mass is 9.85. The van der Waals surface area contributed by atoms with Crippen molar-refractivity contribution < 1.29 is 14.6 Å². The molecule has 4 heteroatoms. The number of aromatic hydroxyl groups is 1. The summed E-state index contributed by atoms with van der Waals surface area (Å²) in [6, 6.07) is 4.17. The Bertz CT molecular complexity index is 513. The monoisotopic (exact) mass is 291 g/mol. The van der Waals surface area contributed by atoms with Crippen LogP contribution in [0.15, 0.2) is 12.1 Å². The van der Waals surface area contributed by atoms with Gasteiger partial charge in [0, 0.05) is 17.3 Å². The van der Waals surface area contributed by atoms with Gasteiger partial charge in [0.15, 0.2) is 0 Å². The number of carbonyl (C=O) groups excluding carboxylic acids is 1. The van der Waals surface area contributed by atoms with Crippen molar-refractivity contribution in [2.45, 2.75) is 52.5 Å². The van der Waals surface area contributed by atoms with Gasteiger partial charge in [-0.2, -0.15) is 0 Å². The van der Waals surface area contributed by atoms with Gasteiger partial charge in [0.1, 0.15) is 5.75 Å². The highest BCUT2D eigenvalue weighted by Gasteiger charge is 2.28. The lowest BCUT2D eigenvalue weighted by Gasteiger charge is -2.29. The summed E-state index contributed by atoms with van der Waals surface area (Å²) < 4.78 is 5.13. The summed E-state index contributed by atoms with van der Waals surface area (Å²) in [7, 11) is 0. The molecule has 1 aliphatic rings. The zero-order valence-electron chi connectivity index (χ0n) is 13.1. The number of rotatable bonds is 4. The minimum Gasteiger partial charge on any atom is -0.507 e. The number of phenolic OH excluding ortho intramolecular Hbond substituents is 1. The minimum absolute atomic E-state index is 0.00412. The van der Waals surface area contributed by atoms with Gasteiger partial charge in [-0.25, -0.2) is 0 Å². The van der Waals surface area contributed by atoms with Crippen LogP contribution in [0.1, 0.15) is 43.7 Å². The van der Waals surface area contributed by atoms with Crippen LogP contribution in [0.3, 0.4) is 0 Å². The molecule has 0 bridgehead atoms. The summed E-state index contributed by atoms with van der Waals surface area (Å²) in [5, 5.41) is 13.5. The first-order valence-corrected chi connectivity index (χ1v) is 7.75. The molecule has 1 aromatic rings. The van der Waals surface area contributed by atoms with Gasteiger partial charge in [-0.15, -0.1) is 0 Å². The van der Waals surface area contributed by atoms with Gasteiger partial charge in [0.25, 0.3) is 0 Å². The second kappa shape index (κ2) is 6.83. The smallest absolute Gasteiger partial charge is 0.308 e. The van der Waals surface area contributed by atoms with Gasteiger partial charge in [-0.1, -0.05) is 12.5 Å². The number of hydrogen-bond acceptors (Lipinski definition) is 4. The normalized spacial score (nSPS) is 21.9. The average Bonchev–Trinajstić information content (AvgIpc) is 2.48. The Morgan fingerprint density at radius 2 is 2.14 bits per heavy atom. The maximum Gasteiger partial charge on any atom is 0.308 e. The van der Waals surface area contributed by atoms with Crippen LogP contribution in [-0.4, -0.2) is 23.7 Å². The molecule has 0 saturated heterocycles. The summed E-state index contributed by atoms with van der Waals surface area (Å²) in [6.07, 6.45) is 3.78. The van der Waals surface area contributed by atoms with E-state index >= 15 is 0 Å². The highest BCUT2D eigenvalue weighted by Crippen LogP contribution is 2.32. The molecule has 0 heterocycles. The first-order chi connectivity index (χ1) is 10.0. The maximum absolute atomic E-state index is 11.9. The van der Waals surface area contributed by atoms with E-state index in [0.717, 1.165) is 42.5 Å². The number of benzene rings is 1. The van der Waals surface area contributed by atoms with Crippen LogP contribution >= 0.6 is 0 Å². The number of nitrogens with one attached hydrogen (secondary N) is 1. The van der Waals surface area contributed by atoms with Crippen molar-refractivity contribution in [3.63, 3.8) is 0 Å². The van der Waals surface area contributed by atoms with E-state index in [1.54, 1.807) is 0 Å². The molecular weight excluding hydrogens is 266 g/mol. The van der Waals surface area contributed by atoms with Crippen LogP contribution in [0.2, 0.25) is 0 Å². The minimum atomic E-state index is -0.0764. The first-order valence-electron chi connectivity index (χ1n) is 7.75. The number of esters is 1. The molecule has 0 aliphatic heterocycles. The van der Waals surface area contributed by atoms with E-state index in [1.807, 2.05) is 32.9 Å². The second-order valence-electron chi connectivity index (χ2n) is 5.86. The van der Waals surface area contributed by atoms with Crippen LogP contribution < -0.4 is 5.32 Å². The van der Waals surface area contributed by atoms with E-state index in [9.17, 15) is 9.90 Å². The van der Waals surface area contributed by atoms with Gasteiger partial charge < -0.3 is 15.2 Å². The molecule has 1 fully saturated rings. The summed E-state index contributed by atoms with van der Waals surface area (Å²) >= 11 is 0. The molecule has 1 aromatic carbocycles. The lowest BCUT2D eigenvalue weighted by Crippen LogP contribution is -2.32. The molecule has 1 saturated carbocycles. The number of hydrogen-bond donors (Lipinski definition) is 2. The predicted octanol–water partition coefficient (Wildman–Crippen LogP) is 3.54. The molecule has 0 spiro atoms. The molecule has 1 aliphatic carbocycles. The largest absolute Gasteiger partial charge is 0.507 e. The Morgan fingerprint density at radius 1 is 1.38 bits per heavy atom. The zero-order valence-corrected chi connectivity index (χ0v) is 13.1. The van der Waals surface area contributed by atoms with Crippen molar-refractivity contribution in [3.05, 3.63) is 23.3 Å². The fourth-order valence-corrected chi connectivity index (χ4v) is 3.01. The Hall–Kier alpha value is -1.71. The number of aryl methyl sites for hydroxylation is 1. The standard InChI is InChI=1S/C17H25NO3/c1-4-21-17(20)13-6-5-7-14(10-13)18-15-9-8-11(2)16(19)12(15)3/h8-9,13-14,18-19H,4-7,10H2,1-3H3. The molecule has 4 nitrogen and oxygen atoms in total. The van der Waals surface area contributed by atoms with Gasteiger partial charge in [0.2, 0.25) is 0 Å². The van der Waals surface area contributed by atoms with Crippen LogP contribution in [0.4, 0.5) is 5.69 Å². The third kappa shape index (κ3) is 3.69. The van der Waals surface area contributed by atoms with Crippen molar-refractivity contribution in [2.75, 3.05) is 11.9 Å². The molecule has 0 aromatic heterocycles. The summed E-state index contributed by atoms with van der Waals surface area (Å²) in [4.78, 5) is 11.9.